The van der Waals surface area contributed by atoms with Crippen LogP contribution < -0.4 is 10.1 Å². The van der Waals surface area contributed by atoms with E-state index < -0.39 is 0 Å². The van der Waals surface area contributed by atoms with Crippen molar-refractivity contribution < 1.29 is 9.53 Å². The van der Waals surface area contributed by atoms with Gasteiger partial charge in [-0.3, -0.25) is 4.79 Å². The van der Waals surface area contributed by atoms with Crippen molar-refractivity contribution in [2.75, 3.05) is 0 Å². The molecule has 21 heavy (non-hydrogen) atoms. The molecule has 0 radical (unpaired) electrons. The number of benzene rings is 1. The van der Waals surface area contributed by atoms with Gasteiger partial charge in [0, 0.05) is 0 Å². The lowest BCUT2D eigenvalue weighted by Gasteiger charge is -2.11. The fraction of sp³-hybridized carbons (Fsp3) is 0.357. The van der Waals surface area contributed by atoms with Crippen LogP contribution in [-0.4, -0.2) is 22.2 Å². The number of halogens is 1. The number of ether oxygens (including phenoxy) is 1. The summed E-state index contributed by atoms with van der Waals surface area (Å²) < 4.78 is 5.53. The summed E-state index contributed by atoms with van der Waals surface area (Å²) in [6.45, 7) is 6.06. The summed E-state index contributed by atoms with van der Waals surface area (Å²) in [7, 11) is 0. The van der Waals surface area contributed by atoms with Gasteiger partial charge < -0.3 is 10.1 Å². The number of aryl methyl sites for hydroxylation is 1. The van der Waals surface area contributed by atoms with Crippen molar-refractivity contribution in [3.8, 4) is 5.75 Å². The van der Waals surface area contributed by atoms with Crippen molar-refractivity contribution in [2.24, 2.45) is 0 Å². The molecule has 0 aliphatic heterocycles. The molecule has 0 aliphatic rings. The van der Waals surface area contributed by atoms with Gasteiger partial charge in [0.2, 0.25) is 0 Å². The van der Waals surface area contributed by atoms with E-state index in [1.807, 2.05) is 20.8 Å². The molecule has 1 heterocycles. The lowest BCUT2D eigenvalue weighted by Crippen LogP contribution is -2.23. The van der Waals surface area contributed by atoms with Crippen LogP contribution in [0.25, 0.3) is 0 Å². The molecule has 5 nitrogen and oxygen atoms in total. The number of amides is 1. The number of nitrogens with zero attached hydrogens (tertiary/aromatic N) is 2. The monoisotopic (exact) mass is 325 g/mol. The van der Waals surface area contributed by atoms with Crippen LogP contribution in [0, 0.1) is 6.92 Å². The second kappa shape index (κ2) is 6.87. The van der Waals surface area contributed by atoms with E-state index in [0.717, 1.165) is 10.0 Å². The summed E-state index contributed by atoms with van der Waals surface area (Å²) >= 11 is 7.58. The fourth-order valence-electron chi connectivity index (χ4n) is 1.69. The van der Waals surface area contributed by atoms with Gasteiger partial charge in [-0.05, 0) is 39.0 Å². The van der Waals surface area contributed by atoms with Gasteiger partial charge in [0.15, 0.2) is 0 Å². The smallest absolute Gasteiger partial charge is 0.253 e. The summed E-state index contributed by atoms with van der Waals surface area (Å²) in [5, 5.41) is 12.6. The third-order valence-corrected chi connectivity index (χ3v) is 3.68. The number of carbonyl (C=O) groups is 1. The molecule has 1 aromatic heterocycles. The predicted molar refractivity (Wildman–Crippen MR) is 83.0 cm³/mol. The zero-order valence-corrected chi connectivity index (χ0v) is 13.6. The van der Waals surface area contributed by atoms with E-state index in [2.05, 4.69) is 15.5 Å². The van der Waals surface area contributed by atoms with Gasteiger partial charge in [0.05, 0.1) is 23.2 Å². The second-order valence-electron chi connectivity index (χ2n) is 4.71. The van der Waals surface area contributed by atoms with Crippen LogP contribution in [-0.2, 0) is 6.54 Å². The maximum Gasteiger partial charge on any atom is 0.253 e. The van der Waals surface area contributed by atoms with Gasteiger partial charge in [0.25, 0.3) is 5.91 Å². The Morgan fingerprint density at radius 3 is 2.76 bits per heavy atom. The van der Waals surface area contributed by atoms with Crippen molar-refractivity contribution >= 4 is 28.8 Å². The van der Waals surface area contributed by atoms with Crippen molar-refractivity contribution in [2.45, 2.75) is 33.4 Å². The summed E-state index contributed by atoms with van der Waals surface area (Å²) in [4.78, 5) is 12.1. The molecule has 112 valence electrons. The lowest BCUT2D eigenvalue weighted by molar-refractivity contribution is 0.0951. The molecule has 0 bridgehead atoms. The van der Waals surface area contributed by atoms with Gasteiger partial charge in [-0.15, -0.1) is 10.2 Å². The number of carbonyl (C=O) groups excluding carboxylic acids is 1. The second-order valence-corrected chi connectivity index (χ2v) is 6.38. The summed E-state index contributed by atoms with van der Waals surface area (Å²) in [5.74, 6) is 0.398. The summed E-state index contributed by atoms with van der Waals surface area (Å²) in [5.41, 5.74) is 0.411. The van der Waals surface area contributed by atoms with Crippen LogP contribution in [0.15, 0.2) is 18.2 Å². The topological polar surface area (TPSA) is 64.1 Å². The summed E-state index contributed by atoms with van der Waals surface area (Å²) in [6.07, 6.45) is 0.0568. The van der Waals surface area contributed by atoms with E-state index >= 15 is 0 Å². The maximum atomic E-state index is 12.1. The largest absolute Gasteiger partial charge is 0.491 e. The van der Waals surface area contributed by atoms with Crippen LogP contribution in [0.5, 0.6) is 5.75 Å². The first-order valence-corrected chi connectivity index (χ1v) is 7.68. The Bertz CT molecular complexity index is 643. The van der Waals surface area contributed by atoms with Crippen LogP contribution in [0.2, 0.25) is 5.02 Å². The molecule has 1 N–H and O–H groups in total. The molecular formula is C14H16ClN3O2S. The molecule has 2 aromatic rings. The van der Waals surface area contributed by atoms with E-state index in [1.165, 1.54) is 11.3 Å². The highest BCUT2D eigenvalue weighted by molar-refractivity contribution is 7.11. The van der Waals surface area contributed by atoms with Gasteiger partial charge in [-0.2, -0.15) is 0 Å². The van der Waals surface area contributed by atoms with E-state index in [1.54, 1.807) is 18.2 Å². The molecule has 0 saturated heterocycles. The molecule has 0 saturated carbocycles. The molecule has 7 heteroatoms. The minimum Gasteiger partial charge on any atom is -0.491 e. The quantitative estimate of drug-likeness (QED) is 0.916. The third kappa shape index (κ3) is 4.41. The van der Waals surface area contributed by atoms with Crippen molar-refractivity contribution in [3.05, 3.63) is 38.8 Å². The first-order chi connectivity index (χ1) is 9.95. The highest BCUT2D eigenvalue weighted by atomic mass is 35.5. The zero-order chi connectivity index (χ0) is 15.4. The van der Waals surface area contributed by atoms with Gasteiger partial charge in [0.1, 0.15) is 15.8 Å². The lowest BCUT2D eigenvalue weighted by atomic mass is 10.2. The standard InChI is InChI=1S/C14H16ClN3O2S/c1-8(2)20-10-4-5-11(12(15)6-10)14(19)16-7-13-18-17-9(3)21-13/h4-6,8H,7H2,1-3H3,(H,16,19). The Kier molecular flexibility index (Phi) is 5.14. The molecule has 0 unspecified atom stereocenters. The van der Waals surface area contributed by atoms with Gasteiger partial charge in [-0.1, -0.05) is 22.9 Å². The first-order valence-electron chi connectivity index (χ1n) is 6.49. The number of aromatic nitrogens is 2. The third-order valence-electron chi connectivity index (χ3n) is 2.53. The Morgan fingerprint density at radius 1 is 1.43 bits per heavy atom. The van der Waals surface area contributed by atoms with E-state index in [-0.39, 0.29) is 12.0 Å². The molecule has 0 atom stereocenters. The van der Waals surface area contributed by atoms with E-state index in [0.29, 0.717) is 22.9 Å². The van der Waals surface area contributed by atoms with Crippen molar-refractivity contribution in [1.82, 2.24) is 15.5 Å². The Labute approximate surface area is 132 Å². The summed E-state index contributed by atoms with van der Waals surface area (Å²) in [6, 6.07) is 5.03. The van der Waals surface area contributed by atoms with Gasteiger partial charge >= 0.3 is 0 Å². The first kappa shape index (κ1) is 15.7. The Balaban J connectivity index is 2.02. The van der Waals surface area contributed by atoms with Crippen LogP contribution in [0.1, 0.15) is 34.2 Å². The van der Waals surface area contributed by atoms with Gasteiger partial charge in [-0.25, -0.2) is 0 Å². The zero-order valence-electron chi connectivity index (χ0n) is 12.0. The average molecular weight is 326 g/mol. The molecule has 0 spiro atoms. The maximum absolute atomic E-state index is 12.1. The Hall–Kier alpha value is -1.66. The Morgan fingerprint density at radius 2 is 2.19 bits per heavy atom. The molecule has 1 amide bonds. The molecule has 0 fully saturated rings. The number of nitrogens with one attached hydrogen (secondary N) is 1. The van der Waals surface area contributed by atoms with Crippen LogP contribution >= 0.6 is 22.9 Å². The molecular weight excluding hydrogens is 310 g/mol. The van der Waals surface area contributed by atoms with Crippen LogP contribution in [0.4, 0.5) is 0 Å². The highest BCUT2D eigenvalue weighted by Gasteiger charge is 2.12. The van der Waals surface area contributed by atoms with Crippen molar-refractivity contribution in [3.63, 3.8) is 0 Å². The molecule has 2 rings (SSSR count). The molecule has 0 aliphatic carbocycles. The number of hydrogen-bond donors (Lipinski definition) is 1. The normalized spacial score (nSPS) is 10.7. The average Bonchev–Trinajstić information content (AvgIpc) is 2.81. The number of hydrogen-bond acceptors (Lipinski definition) is 5. The molecule has 1 aromatic carbocycles. The SMILES string of the molecule is Cc1nnc(CNC(=O)c2ccc(OC(C)C)cc2Cl)s1. The van der Waals surface area contributed by atoms with E-state index in [9.17, 15) is 4.79 Å². The number of rotatable bonds is 5. The minimum atomic E-state index is -0.246. The highest BCUT2D eigenvalue weighted by Crippen LogP contribution is 2.23. The minimum absolute atomic E-state index is 0.0568. The van der Waals surface area contributed by atoms with E-state index in [4.69, 9.17) is 16.3 Å². The predicted octanol–water partition coefficient (Wildman–Crippen LogP) is 3.22. The fourth-order valence-corrected chi connectivity index (χ4v) is 2.59. The van der Waals surface area contributed by atoms with Crippen LogP contribution in [0.3, 0.4) is 0 Å². The van der Waals surface area contributed by atoms with Crippen molar-refractivity contribution in [1.29, 1.82) is 0 Å².